The van der Waals surface area contributed by atoms with Crippen LogP contribution in [-0.2, 0) is 0 Å². The van der Waals surface area contributed by atoms with E-state index in [1.165, 1.54) is 12.8 Å². The first-order chi connectivity index (χ1) is 9.34. The average molecular weight is 277 g/mol. The van der Waals surface area contributed by atoms with E-state index in [-0.39, 0.29) is 0 Å². The molecule has 2 heterocycles. The summed E-state index contributed by atoms with van der Waals surface area (Å²) < 4.78 is 5.95. The monoisotopic (exact) mass is 276 g/mol. The van der Waals surface area contributed by atoms with Crippen molar-refractivity contribution < 1.29 is 4.74 Å². The molecule has 0 saturated carbocycles. The van der Waals surface area contributed by atoms with E-state index in [9.17, 15) is 0 Å². The number of aromatic nitrogens is 1. The number of ether oxygens (including phenoxy) is 1. The van der Waals surface area contributed by atoms with Gasteiger partial charge in [0.2, 0.25) is 0 Å². The van der Waals surface area contributed by atoms with Crippen LogP contribution >= 0.6 is 11.6 Å². The molecule has 1 aliphatic heterocycles. The van der Waals surface area contributed by atoms with E-state index in [4.69, 9.17) is 16.3 Å². The number of nitrogens with one attached hydrogen (secondary N) is 1. The topological polar surface area (TPSA) is 34.1 Å². The average Bonchev–Trinajstić information content (AvgIpc) is 2.48. The lowest BCUT2D eigenvalue weighted by Gasteiger charge is -2.23. The van der Waals surface area contributed by atoms with E-state index in [2.05, 4.69) is 10.3 Å². The van der Waals surface area contributed by atoms with Crippen LogP contribution < -0.4 is 10.1 Å². The van der Waals surface area contributed by atoms with Crippen LogP contribution in [0.3, 0.4) is 0 Å². The van der Waals surface area contributed by atoms with Gasteiger partial charge in [-0.1, -0.05) is 11.6 Å². The minimum absolute atomic E-state index is 0.586. The van der Waals surface area contributed by atoms with E-state index in [1.54, 1.807) is 6.20 Å². The summed E-state index contributed by atoms with van der Waals surface area (Å²) in [6.07, 6.45) is 4.23. The van der Waals surface area contributed by atoms with Crippen LogP contribution in [0.1, 0.15) is 12.8 Å². The molecule has 1 aromatic carbocycles. The second kappa shape index (κ2) is 5.76. The quantitative estimate of drug-likeness (QED) is 0.934. The van der Waals surface area contributed by atoms with Crippen LogP contribution in [0.2, 0.25) is 5.02 Å². The van der Waals surface area contributed by atoms with E-state index < -0.39 is 0 Å². The van der Waals surface area contributed by atoms with Gasteiger partial charge in [0.15, 0.2) is 0 Å². The lowest BCUT2D eigenvalue weighted by molar-refractivity contribution is 0.220. The first-order valence-electron chi connectivity index (χ1n) is 6.71. The number of benzene rings is 1. The van der Waals surface area contributed by atoms with Crippen LogP contribution in [0.5, 0.6) is 5.75 Å². The van der Waals surface area contributed by atoms with Crippen LogP contribution in [-0.4, -0.2) is 24.7 Å². The van der Waals surface area contributed by atoms with Gasteiger partial charge in [-0.2, -0.15) is 0 Å². The molecular weight excluding hydrogens is 260 g/mol. The van der Waals surface area contributed by atoms with Crippen LogP contribution in [0.25, 0.3) is 10.9 Å². The first kappa shape index (κ1) is 12.7. The minimum atomic E-state index is 0.586. The molecule has 2 aromatic rings. The molecule has 0 unspecified atom stereocenters. The third-order valence-electron chi connectivity index (χ3n) is 3.55. The summed E-state index contributed by atoms with van der Waals surface area (Å²) in [5.41, 5.74) is 0.846. The van der Waals surface area contributed by atoms with E-state index in [1.807, 2.05) is 24.3 Å². The predicted molar refractivity (Wildman–Crippen MR) is 77.8 cm³/mol. The Morgan fingerprint density at radius 3 is 3.16 bits per heavy atom. The Kier molecular flexibility index (Phi) is 3.85. The van der Waals surface area contributed by atoms with Crippen molar-refractivity contribution in [1.29, 1.82) is 0 Å². The molecule has 0 radical (unpaired) electrons. The van der Waals surface area contributed by atoms with Crippen molar-refractivity contribution in [2.24, 2.45) is 5.92 Å². The van der Waals surface area contributed by atoms with Gasteiger partial charge in [0, 0.05) is 24.0 Å². The fourth-order valence-electron chi connectivity index (χ4n) is 2.50. The Morgan fingerprint density at radius 1 is 1.37 bits per heavy atom. The lowest BCUT2D eigenvalue weighted by atomic mass is 10.0. The highest BCUT2D eigenvalue weighted by Gasteiger charge is 2.14. The van der Waals surface area contributed by atoms with Crippen LogP contribution in [0.15, 0.2) is 30.5 Å². The van der Waals surface area contributed by atoms with Crippen LogP contribution in [0.4, 0.5) is 0 Å². The summed E-state index contributed by atoms with van der Waals surface area (Å²) >= 11 is 6.17. The molecule has 1 aromatic heterocycles. The second-order valence-corrected chi connectivity index (χ2v) is 5.38. The van der Waals surface area contributed by atoms with Gasteiger partial charge in [0.25, 0.3) is 0 Å². The Balaban J connectivity index is 1.79. The van der Waals surface area contributed by atoms with Crippen molar-refractivity contribution in [3.8, 4) is 5.75 Å². The minimum Gasteiger partial charge on any atom is -0.491 e. The van der Waals surface area contributed by atoms with Gasteiger partial charge in [0.1, 0.15) is 11.3 Å². The summed E-state index contributed by atoms with van der Waals surface area (Å²) in [6, 6.07) is 7.65. The van der Waals surface area contributed by atoms with Gasteiger partial charge in [-0.05, 0) is 43.7 Å². The molecule has 0 spiro atoms. The van der Waals surface area contributed by atoms with Crippen LogP contribution in [0, 0.1) is 5.92 Å². The molecule has 4 heteroatoms. The second-order valence-electron chi connectivity index (χ2n) is 4.97. The van der Waals surface area contributed by atoms with Crippen molar-refractivity contribution >= 4 is 22.5 Å². The number of pyridine rings is 1. The fourth-order valence-corrected chi connectivity index (χ4v) is 2.72. The molecule has 0 aliphatic carbocycles. The Bertz CT molecular complexity index is 567. The predicted octanol–water partition coefficient (Wildman–Crippen LogP) is 3.27. The Morgan fingerprint density at radius 2 is 2.32 bits per heavy atom. The third kappa shape index (κ3) is 2.82. The summed E-state index contributed by atoms with van der Waals surface area (Å²) in [5, 5.41) is 5.07. The fraction of sp³-hybridized carbons (Fsp3) is 0.400. The molecule has 1 atom stereocenters. The normalized spacial score (nSPS) is 19.5. The molecule has 100 valence electrons. The number of fused-ring (bicyclic) bond motifs is 1. The van der Waals surface area contributed by atoms with Crippen molar-refractivity contribution in [2.45, 2.75) is 12.8 Å². The Hall–Kier alpha value is -1.32. The maximum absolute atomic E-state index is 6.17. The molecule has 1 N–H and O–H groups in total. The highest BCUT2D eigenvalue weighted by Crippen LogP contribution is 2.30. The summed E-state index contributed by atoms with van der Waals surface area (Å²) in [5.74, 6) is 1.41. The van der Waals surface area contributed by atoms with Gasteiger partial charge in [-0.25, -0.2) is 0 Å². The summed E-state index contributed by atoms with van der Waals surface area (Å²) in [6.45, 7) is 2.90. The standard InChI is InChI=1S/C15H17ClN2O/c16-13-5-6-14(15-12(13)4-2-8-18-15)19-10-11-3-1-7-17-9-11/h2,4-6,8,11,17H,1,3,7,9-10H2/t11-/m1/s1. The molecule has 1 aliphatic rings. The number of halogens is 1. The largest absolute Gasteiger partial charge is 0.491 e. The van der Waals surface area contributed by atoms with Gasteiger partial charge in [0.05, 0.1) is 11.6 Å². The smallest absolute Gasteiger partial charge is 0.145 e. The van der Waals surface area contributed by atoms with Gasteiger partial charge >= 0.3 is 0 Å². The zero-order valence-corrected chi connectivity index (χ0v) is 11.5. The molecule has 1 saturated heterocycles. The number of piperidine rings is 1. The van der Waals surface area contributed by atoms with E-state index in [0.717, 1.165) is 41.4 Å². The first-order valence-corrected chi connectivity index (χ1v) is 7.09. The molecule has 0 bridgehead atoms. The molecule has 3 rings (SSSR count). The molecular formula is C15H17ClN2O. The zero-order chi connectivity index (χ0) is 13.1. The lowest BCUT2D eigenvalue weighted by Crippen LogP contribution is -2.33. The number of nitrogens with zero attached hydrogens (tertiary/aromatic N) is 1. The van der Waals surface area contributed by atoms with Crippen molar-refractivity contribution in [2.75, 3.05) is 19.7 Å². The SMILES string of the molecule is Clc1ccc(OC[C@@H]2CCCNC2)c2ncccc12. The Labute approximate surface area is 117 Å². The van der Waals surface area contributed by atoms with E-state index in [0.29, 0.717) is 5.92 Å². The zero-order valence-electron chi connectivity index (χ0n) is 10.7. The highest BCUT2D eigenvalue weighted by molar-refractivity contribution is 6.35. The van der Waals surface area contributed by atoms with Crippen molar-refractivity contribution in [1.82, 2.24) is 10.3 Å². The summed E-state index contributed by atoms with van der Waals surface area (Å²) in [4.78, 5) is 4.38. The number of hydrogen-bond donors (Lipinski definition) is 1. The summed E-state index contributed by atoms with van der Waals surface area (Å²) in [7, 11) is 0. The van der Waals surface area contributed by atoms with Gasteiger partial charge < -0.3 is 10.1 Å². The maximum Gasteiger partial charge on any atom is 0.145 e. The number of hydrogen-bond acceptors (Lipinski definition) is 3. The highest BCUT2D eigenvalue weighted by atomic mass is 35.5. The van der Waals surface area contributed by atoms with Crippen molar-refractivity contribution in [3.05, 3.63) is 35.5 Å². The van der Waals surface area contributed by atoms with Gasteiger partial charge in [-0.15, -0.1) is 0 Å². The molecule has 1 fully saturated rings. The maximum atomic E-state index is 6.17. The molecule has 0 amide bonds. The van der Waals surface area contributed by atoms with Gasteiger partial charge in [-0.3, -0.25) is 4.98 Å². The van der Waals surface area contributed by atoms with E-state index >= 15 is 0 Å². The number of rotatable bonds is 3. The molecule has 19 heavy (non-hydrogen) atoms. The van der Waals surface area contributed by atoms with Crippen molar-refractivity contribution in [3.63, 3.8) is 0 Å². The third-order valence-corrected chi connectivity index (χ3v) is 3.88. The molecule has 3 nitrogen and oxygen atoms in total.